The molecule has 1 radical (unpaired) electrons. The van der Waals surface area contributed by atoms with E-state index in [4.69, 9.17) is 4.55 Å². The average molecular weight is 563 g/mol. The van der Waals surface area contributed by atoms with Gasteiger partial charge in [-0.1, -0.05) is 30.9 Å². The molecular formula is C16H11CuN3Na2O9S2. The van der Waals surface area contributed by atoms with Gasteiger partial charge in [0.25, 0.3) is 10.1 Å². The zero-order valence-electron chi connectivity index (χ0n) is 17.2. The van der Waals surface area contributed by atoms with E-state index in [-0.39, 0.29) is 87.9 Å². The monoisotopic (exact) mass is 562 g/mol. The summed E-state index contributed by atoms with van der Waals surface area (Å²) in [5, 5.41) is 42.5. The molecule has 0 saturated carbocycles. The maximum Gasteiger partial charge on any atom is 2.00 e. The molecule has 2 rings (SSSR count). The molecule has 2 aromatic carbocycles. The fraction of sp³-hybridized carbons (Fsp3) is 0.0625. The molecule has 0 aliphatic carbocycles. The molecule has 0 bridgehead atoms. The number of allylic oxidation sites excluding steroid dienone is 1. The van der Waals surface area contributed by atoms with Crippen LogP contribution < -0.4 is 74.4 Å². The second-order valence-electron chi connectivity index (χ2n) is 5.56. The maximum absolute atomic E-state index is 12.2. The van der Waals surface area contributed by atoms with Gasteiger partial charge in [-0.3, -0.25) is 9.55 Å². The van der Waals surface area contributed by atoms with Crippen molar-refractivity contribution in [2.24, 2.45) is 15.2 Å². The first-order valence-corrected chi connectivity index (χ1v) is 10.5. The Bertz CT molecular complexity index is 1280. The molecule has 33 heavy (non-hydrogen) atoms. The molecule has 169 valence electrons. The van der Waals surface area contributed by atoms with Gasteiger partial charge >= 0.3 is 76.2 Å². The van der Waals surface area contributed by atoms with E-state index in [0.29, 0.717) is 6.07 Å². The Hall–Kier alpha value is -0.811. The van der Waals surface area contributed by atoms with E-state index in [2.05, 4.69) is 15.2 Å². The van der Waals surface area contributed by atoms with Crippen LogP contribution in [0, 0.1) is 0 Å². The van der Waals surface area contributed by atoms with Crippen molar-refractivity contribution < 1.29 is 117 Å². The van der Waals surface area contributed by atoms with Crippen molar-refractivity contribution >= 4 is 37.5 Å². The molecule has 0 aliphatic heterocycles. The van der Waals surface area contributed by atoms with Crippen LogP contribution >= 0.6 is 0 Å². The minimum Gasteiger partial charge on any atom is -0.874 e. The molecule has 0 aromatic heterocycles. The van der Waals surface area contributed by atoms with E-state index < -0.39 is 58.8 Å². The quantitative estimate of drug-likeness (QED) is 0.0882. The summed E-state index contributed by atoms with van der Waals surface area (Å²) in [6.07, 6.45) is 0. The first-order chi connectivity index (χ1) is 13.8. The van der Waals surface area contributed by atoms with Crippen molar-refractivity contribution in [3.63, 3.8) is 0 Å². The Labute approximate surface area is 244 Å². The van der Waals surface area contributed by atoms with Gasteiger partial charge in [0.15, 0.2) is 0 Å². The molecule has 0 aliphatic rings. The SMILES string of the molecule is CC([O-])=C(N=Nc1cc(S(=O)(=O)[O-])cc(S(=O)(=O)O)c1[O-])C([O-])=Nc1ccccc1.[Cu+2].[Na+].[Na+]. The molecule has 12 nitrogen and oxygen atoms in total. The van der Waals surface area contributed by atoms with Crippen molar-refractivity contribution in [2.45, 2.75) is 16.7 Å². The summed E-state index contributed by atoms with van der Waals surface area (Å²) in [4.78, 5) is 0.972. The Morgan fingerprint density at radius 3 is 2.00 bits per heavy atom. The van der Waals surface area contributed by atoms with Gasteiger partial charge in [-0.2, -0.15) is 18.6 Å². The van der Waals surface area contributed by atoms with E-state index in [1.54, 1.807) is 18.2 Å². The summed E-state index contributed by atoms with van der Waals surface area (Å²) < 4.78 is 65.3. The predicted octanol–water partition coefficient (Wildman–Crippen LogP) is -6.32. The van der Waals surface area contributed by atoms with Gasteiger partial charge in [0.1, 0.15) is 10.1 Å². The third-order valence-electron chi connectivity index (χ3n) is 3.36. The zero-order chi connectivity index (χ0) is 22.7. The molecule has 0 heterocycles. The summed E-state index contributed by atoms with van der Waals surface area (Å²) in [5.74, 6) is -3.57. The Balaban J connectivity index is 0. The van der Waals surface area contributed by atoms with Crippen LogP contribution in [0.15, 0.2) is 78.9 Å². The van der Waals surface area contributed by atoms with E-state index in [1.165, 1.54) is 12.1 Å². The number of rotatable bonds is 6. The molecule has 0 saturated heterocycles. The third kappa shape index (κ3) is 9.76. The van der Waals surface area contributed by atoms with Crippen LogP contribution in [-0.4, -0.2) is 31.8 Å². The number of benzene rings is 2. The predicted molar refractivity (Wildman–Crippen MR) is 94.4 cm³/mol. The minimum atomic E-state index is -5.26. The largest absolute Gasteiger partial charge is 2.00 e. The van der Waals surface area contributed by atoms with Crippen LogP contribution in [0.25, 0.3) is 0 Å². The summed E-state index contributed by atoms with van der Waals surface area (Å²) in [6, 6.07) is 8.22. The first kappa shape index (κ1) is 34.4. The van der Waals surface area contributed by atoms with Gasteiger partial charge in [-0.05, 0) is 24.3 Å². The second-order valence-corrected chi connectivity index (χ2v) is 8.33. The number of hydrogen-bond donors (Lipinski definition) is 1. The molecule has 17 heteroatoms. The number of para-hydroxylation sites is 1. The van der Waals surface area contributed by atoms with Gasteiger partial charge < -0.3 is 19.9 Å². The van der Waals surface area contributed by atoms with Crippen LogP contribution in [0.3, 0.4) is 0 Å². The smallest absolute Gasteiger partial charge is 0.874 e. The first-order valence-electron chi connectivity index (χ1n) is 7.70. The molecule has 0 spiro atoms. The minimum absolute atomic E-state index is 0. The van der Waals surface area contributed by atoms with E-state index in [1.807, 2.05) is 0 Å². The number of aliphatic imine (C=N–C) groups is 1. The van der Waals surface area contributed by atoms with E-state index in [0.717, 1.165) is 6.92 Å². The number of hydrogen-bond acceptors (Lipinski definition) is 11. The van der Waals surface area contributed by atoms with Gasteiger partial charge in [0.2, 0.25) is 0 Å². The molecule has 1 N–H and O–H groups in total. The maximum atomic E-state index is 12.2. The molecule has 0 unspecified atom stereocenters. The molecular weight excluding hydrogens is 552 g/mol. The van der Waals surface area contributed by atoms with Crippen molar-refractivity contribution in [3.8, 4) is 5.75 Å². The van der Waals surface area contributed by atoms with Crippen LogP contribution in [0.4, 0.5) is 11.4 Å². The third-order valence-corrected chi connectivity index (χ3v) is 5.03. The summed E-state index contributed by atoms with van der Waals surface area (Å²) in [6.45, 7) is 0.938. The molecule has 0 fully saturated rings. The van der Waals surface area contributed by atoms with Crippen LogP contribution in [0.1, 0.15) is 6.92 Å². The average Bonchev–Trinajstić information content (AvgIpc) is 2.61. The summed E-state index contributed by atoms with van der Waals surface area (Å²) in [5.41, 5.74) is -1.71. The van der Waals surface area contributed by atoms with Crippen molar-refractivity contribution in [3.05, 3.63) is 53.9 Å². The fourth-order valence-electron chi connectivity index (χ4n) is 2.01. The van der Waals surface area contributed by atoms with Crippen molar-refractivity contribution in [1.29, 1.82) is 0 Å². The van der Waals surface area contributed by atoms with Crippen LogP contribution in [-0.2, 0) is 37.3 Å². The zero-order valence-corrected chi connectivity index (χ0v) is 23.8. The van der Waals surface area contributed by atoms with Crippen LogP contribution in [0.2, 0.25) is 0 Å². The van der Waals surface area contributed by atoms with Crippen LogP contribution in [0.5, 0.6) is 5.75 Å². The fourth-order valence-corrected chi connectivity index (χ4v) is 3.22. The molecule has 0 atom stereocenters. The van der Waals surface area contributed by atoms with Gasteiger partial charge in [0.05, 0.1) is 26.9 Å². The van der Waals surface area contributed by atoms with E-state index in [9.17, 15) is 36.7 Å². The Kier molecular flexibility index (Phi) is 14.5. The standard InChI is InChI=1S/C16H15N3O9S2.Cu.2Na/c1-9(20)14(16(22)17-10-5-3-2-4-6-10)19-18-12-7-11(29(23,24)25)8-13(15(12)21)30(26,27)28;;;/h2-8,20-21H,1H3,(H,17,22)(H,23,24,25)(H,26,27,28);;;/q;+2;2*+1/p-4. The number of azo groups is 1. The molecule has 2 aromatic rings. The van der Waals surface area contributed by atoms with Gasteiger partial charge in [-0.15, -0.1) is 5.76 Å². The van der Waals surface area contributed by atoms with Crippen molar-refractivity contribution in [1.82, 2.24) is 0 Å². The summed E-state index contributed by atoms with van der Waals surface area (Å²) in [7, 11) is -10.5. The molecule has 0 amide bonds. The topological polar surface area (TPSA) is 218 Å². The van der Waals surface area contributed by atoms with Gasteiger partial charge in [-0.25, -0.2) is 8.42 Å². The second kappa shape index (κ2) is 13.9. The summed E-state index contributed by atoms with van der Waals surface area (Å²) >= 11 is 0. The van der Waals surface area contributed by atoms with E-state index >= 15 is 0 Å². The Morgan fingerprint density at radius 1 is 1.00 bits per heavy atom. The normalized spacial score (nSPS) is 12.8. The Morgan fingerprint density at radius 2 is 1.55 bits per heavy atom. The van der Waals surface area contributed by atoms with Gasteiger partial charge in [0, 0.05) is 5.90 Å². The van der Waals surface area contributed by atoms with Crippen molar-refractivity contribution in [2.75, 3.05) is 0 Å². The number of nitrogens with zero attached hydrogens (tertiary/aromatic N) is 3.